The molecule has 0 fully saturated rings. The fraction of sp³-hybridized carbons (Fsp3) is 0.250. The van der Waals surface area contributed by atoms with E-state index in [1.165, 1.54) is 0 Å². The first kappa shape index (κ1) is 11.1. The number of aromatic nitrogens is 2. The Morgan fingerprint density at radius 3 is 2.59 bits per heavy atom. The lowest BCUT2D eigenvalue weighted by Gasteiger charge is -2.08. The van der Waals surface area contributed by atoms with E-state index in [0.29, 0.717) is 11.6 Å². The molecule has 0 unspecified atom stereocenters. The van der Waals surface area contributed by atoms with Gasteiger partial charge >= 0.3 is 5.89 Å². The lowest BCUT2D eigenvalue weighted by Crippen LogP contribution is -1.92. The van der Waals surface area contributed by atoms with E-state index in [9.17, 15) is 0 Å². The van der Waals surface area contributed by atoms with Crippen LogP contribution < -0.4 is 4.74 Å². The Bertz CT molecular complexity index is 596. The molecule has 0 atom stereocenters. The molecule has 17 heavy (non-hydrogen) atoms. The van der Waals surface area contributed by atoms with Crippen molar-refractivity contribution in [3.05, 3.63) is 29.2 Å². The first-order valence-electron chi connectivity index (χ1n) is 5.05. The lowest BCUT2D eigenvalue weighted by atomic mass is 10.0. The molecule has 5 nitrogen and oxygen atoms in total. The van der Waals surface area contributed by atoms with Crippen LogP contribution >= 0.6 is 0 Å². The van der Waals surface area contributed by atoms with Crippen LogP contribution in [0.2, 0.25) is 0 Å². The van der Waals surface area contributed by atoms with E-state index in [2.05, 4.69) is 10.1 Å². The van der Waals surface area contributed by atoms with Crippen molar-refractivity contribution in [3.8, 4) is 23.2 Å². The quantitative estimate of drug-likeness (QED) is 0.789. The number of rotatable bonds is 2. The summed E-state index contributed by atoms with van der Waals surface area (Å²) in [6, 6.07) is 5.63. The van der Waals surface area contributed by atoms with Gasteiger partial charge < -0.3 is 9.26 Å². The molecule has 0 amide bonds. The van der Waals surface area contributed by atoms with E-state index < -0.39 is 0 Å². The van der Waals surface area contributed by atoms with E-state index in [4.69, 9.17) is 14.5 Å². The summed E-state index contributed by atoms with van der Waals surface area (Å²) in [7, 11) is 1.58. The summed E-state index contributed by atoms with van der Waals surface area (Å²) < 4.78 is 10.0. The van der Waals surface area contributed by atoms with Gasteiger partial charge in [-0.1, -0.05) is 5.16 Å². The van der Waals surface area contributed by atoms with Gasteiger partial charge in [0, 0.05) is 0 Å². The molecule has 0 bridgehead atoms. The molecule has 0 N–H and O–H groups in total. The zero-order valence-electron chi connectivity index (χ0n) is 9.81. The summed E-state index contributed by atoms with van der Waals surface area (Å²) in [5.41, 5.74) is 2.94. The predicted molar refractivity (Wildman–Crippen MR) is 60.5 cm³/mol. The van der Waals surface area contributed by atoms with Crippen molar-refractivity contribution in [1.29, 1.82) is 5.26 Å². The average molecular weight is 229 g/mol. The molecule has 2 rings (SSSR count). The zero-order valence-corrected chi connectivity index (χ0v) is 9.81. The van der Waals surface area contributed by atoms with Crippen molar-refractivity contribution in [3.63, 3.8) is 0 Å². The summed E-state index contributed by atoms with van der Waals surface area (Å²) in [6.45, 7) is 3.99. The van der Waals surface area contributed by atoms with Gasteiger partial charge in [0.15, 0.2) is 6.07 Å². The monoisotopic (exact) mass is 229 g/mol. The highest BCUT2D eigenvalue weighted by Gasteiger charge is 2.14. The second-order valence-electron chi connectivity index (χ2n) is 3.67. The standard InChI is InChI=1S/C12H11N3O2/c1-7-4-9(10(16-3)5-8(7)2)12-14-11(6-13)17-15-12/h4-5H,1-3H3. The number of ether oxygens (including phenoxy) is 1. The van der Waals surface area contributed by atoms with Gasteiger partial charge in [-0.3, -0.25) is 0 Å². The molecule has 0 radical (unpaired) electrons. The largest absolute Gasteiger partial charge is 0.496 e. The number of hydrogen-bond acceptors (Lipinski definition) is 5. The molecule has 1 aromatic carbocycles. The van der Waals surface area contributed by atoms with E-state index in [0.717, 1.165) is 16.7 Å². The molecule has 0 aliphatic heterocycles. The van der Waals surface area contributed by atoms with Crippen LogP contribution in [0.1, 0.15) is 17.0 Å². The fourth-order valence-electron chi connectivity index (χ4n) is 1.51. The van der Waals surface area contributed by atoms with Gasteiger partial charge in [-0.05, 0) is 37.1 Å². The van der Waals surface area contributed by atoms with E-state index >= 15 is 0 Å². The van der Waals surface area contributed by atoms with Crippen LogP contribution in [0.5, 0.6) is 5.75 Å². The predicted octanol–water partition coefficient (Wildman–Crippen LogP) is 2.23. The Hall–Kier alpha value is -2.35. The minimum absolute atomic E-state index is 0.0553. The summed E-state index contributed by atoms with van der Waals surface area (Å²) in [5.74, 6) is 0.972. The Balaban J connectivity index is 2.58. The van der Waals surface area contributed by atoms with Gasteiger partial charge in [0.25, 0.3) is 0 Å². The van der Waals surface area contributed by atoms with E-state index in [-0.39, 0.29) is 5.89 Å². The van der Waals surface area contributed by atoms with Crippen molar-refractivity contribution in [1.82, 2.24) is 10.1 Å². The summed E-state index contributed by atoms with van der Waals surface area (Å²) in [5, 5.41) is 12.4. The molecule has 0 spiro atoms. The smallest absolute Gasteiger partial charge is 0.329 e. The molecule has 0 saturated heterocycles. The molecule has 1 heterocycles. The fourth-order valence-corrected chi connectivity index (χ4v) is 1.51. The molecule has 5 heteroatoms. The molecule has 0 saturated carbocycles. The lowest BCUT2D eigenvalue weighted by molar-refractivity contribution is 0.404. The maximum absolute atomic E-state index is 8.65. The van der Waals surface area contributed by atoms with Gasteiger partial charge in [-0.2, -0.15) is 10.2 Å². The third kappa shape index (κ3) is 1.97. The third-order valence-electron chi connectivity index (χ3n) is 2.58. The SMILES string of the molecule is COc1cc(C)c(C)cc1-c1noc(C#N)n1. The highest BCUT2D eigenvalue weighted by atomic mass is 16.5. The number of benzene rings is 1. The molecule has 0 aliphatic carbocycles. The van der Waals surface area contributed by atoms with Crippen LogP contribution in [-0.4, -0.2) is 17.3 Å². The number of hydrogen-bond donors (Lipinski definition) is 0. The summed E-state index contributed by atoms with van der Waals surface area (Å²) in [6.07, 6.45) is 0. The first-order valence-corrected chi connectivity index (χ1v) is 5.05. The van der Waals surface area contributed by atoms with Gasteiger partial charge in [-0.15, -0.1) is 0 Å². The average Bonchev–Trinajstić information content (AvgIpc) is 2.80. The van der Waals surface area contributed by atoms with Gasteiger partial charge in [0.2, 0.25) is 5.82 Å². The topological polar surface area (TPSA) is 71.9 Å². The third-order valence-corrected chi connectivity index (χ3v) is 2.58. The molecule has 1 aromatic heterocycles. The van der Waals surface area contributed by atoms with Crippen molar-refractivity contribution < 1.29 is 9.26 Å². The van der Waals surface area contributed by atoms with Crippen LogP contribution in [0.3, 0.4) is 0 Å². The number of nitriles is 1. The van der Waals surface area contributed by atoms with Gasteiger partial charge in [0.05, 0.1) is 12.7 Å². The second kappa shape index (κ2) is 4.26. The highest BCUT2D eigenvalue weighted by Crippen LogP contribution is 2.30. The van der Waals surface area contributed by atoms with Crippen molar-refractivity contribution in [2.45, 2.75) is 13.8 Å². The van der Waals surface area contributed by atoms with Crippen molar-refractivity contribution >= 4 is 0 Å². The van der Waals surface area contributed by atoms with Crippen LogP contribution in [0.4, 0.5) is 0 Å². The van der Waals surface area contributed by atoms with E-state index in [1.54, 1.807) is 13.2 Å². The number of methoxy groups -OCH3 is 1. The molecule has 2 aromatic rings. The van der Waals surface area contributed by atoms with Crippen LogP contribution in [0.25, 0.3) is 11.4 Å². The molecule has 0 aliphatic rings. The second-order valence-corrected chi connectivity index (χ2v) is 3.67. The maximum Gasteiger partial charge on any atom is 0.329 e. The van der Waals surface area contributed by atoms with Gasteiger partial charge in [0.1, 0.15) is 5.75 Å². The van der Waals surface area contributed by atoms with E-state index in [1.807, 2.05) is 26.0 Å². The Labute approximate surface area is 98.6 Å². The minimum Gasteiger partial charge on any atom is -0.496 e. The van der Waals surface area contributed by atoms with Crippen LogP contribution in [0, 0.1) is 25.2 Å². The van der Waals surface area contributed by atoms with Crippen molar-refractivity contribution in [2.75, 3.05) is 7.11 Å². The Morgan fingerprint density at radius 2 is 2.00 bits per heavy atom. The maximum atomic E-state index is 8.65. The minimum atomic E-state index is -0.0553. The van der Waals surface area contributed by atoms with Crippen LogP contribution in [0.15, 0.2) is 16.7 Å². The first-order chi connectivity index (χ1) is 8.15. The number of aryl methyl sites for hydroxylation is 2. The van der Waals surface area contributed by atoms with Crippen molar-refractivity contribution in [2.24, 2.45) is 0 Å². The van der Waals surface area contributed by atoms with Gasteiger partial charge in [-0.25, -0.2) is 0 Å². The normalized spacial score (nSPS) is 10.0. The molecular weight excluding hydrogens is 218 g/mol. The summed E-state index contributed by atoms with van der Waals surface area (Å²) >= 11 is 0. The number of nitrogens with zero attached hydrogens (tertiary/aromatic N) is 3. The van der Waals surface area contributed by atoms with Crippen LogP contribution in [-0.2, 0) is 0 Å². The Morgan fingerprint density at radius 1 is 1.29 bits per heavy atom. The molecular formula is C12H11N3O2. The zero-order chi connectivity index (χ0) is 12.4. The summed E-state index contributed by atoms with van der Waals surface area (Å²) in [4.78, 5) is 3.96. The molecule has 86 valence electrons. The Kier molecular flexibility index (Phi) is 2.79. The highest BCUT2D eigenvalue weighted by molar-refractivity contribution is 5.66.